The lowest BCUT2D eigenvalue weighted by Crippen LogP contribution is -2.48. The number of anilines is 1. The van der Waals surface area contributed by atoms with Gasteiger partial charge in [0.1, 0.15) is 5.76 Å². The molecule has 1 N–H and O–H groups in total. The zero-order valence-electron chi connectivity index (χ0n) is 15.0. The van der Waals surface area contributed by atoms with E-state index in [0.717, 1.165) is 44.2 Å². The lowest BCUT2D eigenvalue weighted by atomic mass is 10.2. The van der Waals surface area contributed by atoms with E-state index in [0.29, 0.717) is 28.9 Å². The van der Waals surface area contributed by atoms with Gasteiger partial charge in [0.05, 0.1) is 12.2 Å². The molecule has 1 aromatic heterocycles. The molecule has 0 radical (unpaired) electrons. The molecule has 0 saturated carbocycles. The molecule has 0 spiro atoms. The Morgan fingerprint density at radius 1 is 1.22 bits per heavy atom. The quantitative estimate of drug-likeness (QED) is 0.726. The van der Waals surface area contributed by atoms with Crippen LogP contribution in [0.2, 0.25) is 0 Å². The smallest absolute Gasteiger partial charge is 0.288 e. The number of thioether (sulfide) groups is 1. The highest BCUT2D eigenvalue weighted by molar-refractivity contribution is 7.99. The molecule has 1 aliphatic heterocycles. The number of carbonyl (C=O) groups excluding carboxylic acids is 1. The predicted molar refractivity (Wildman–Crippen MR) is 99.9 cm³/mol. The maximum absolute atomic E-state index is 12.3. The van der Waals surface area contributed by atoms with Gasteiger partial charge in [-0.05, 0) is 31.2 Å². The summed E-state index contributed by atoms with van der Waals surface area (Å²) in [5.41, 5.74) is 1.53. The molecule has 0 unspecified atom stereocenters. The number of alkyl halides is 2. The molecule has 6 nitrogen and oxygen atoms in total. The lowest BCUT2D eigenvalue weighted by molar-refractivity contribution is -0.117. The maximum atomic E-state index is 12.3. The zero-order valence-corrected chi connectivity index (χ0v) is 15.8. The number of hydrogen-bond acceptors (Lipinski definition) is 6. The number of benzene rings is 1. The van der Waals surface area contributed by atoms with Crippen LogP contribution >= 0.6 is 11.8 Å². The van der Waals surface area contributed by atoms with Gasteiger partial charge in [-0.25, -0.2) is 0 Å². The third-order valence-corrected chi connectivity index (χ3v) is 4.98. The highest BCUT2D eigenvalue weighted by Gasteiger charge is 2.20. The number of carbonyl (C=O) groups is 1. The monoisotopic (exact) mass is 396 g/mol. The summed E-state index contributed by atoms with van der Waals surface area (Å²) in [6.07, 6.45) is 0. The van der Waals surface area contributed by atoms with Crippen LogP contribution in [0.5, 0.6) is 0 Å². The summed E-state index contributed by atoms with van der Waals surface area (Å²) in [6.45, 7) is 6.25. The fourth-order valence-corrected chi connectivity index (χ4v) is 3.45. The van der Waals surface area contributed by atoms with Crippen LogP contribution in [0.3, 0.4) is 0 Å². The highest BCUT2D eigenvalue weighted by Crippen LogP contribution is 2.26. The minimum absolute atomic E-state index is 0.107. The lowest BCUT2D eigenvalue weighted by Gasteiger charge is -2.33. The van der Waals surface area contributed by atoms with Crippen molar-refractivity contribution in [2.24, 2.45) is 0 Å². The van der Waals surface area contributed by atoms with E-state index in [-0.39, 0.29) is 5.91 Å². The van der Waals surface area contributed by atoms with Crippen LogP contribution in [-0.4, -0.2) is 59.3 Å². The summed E-state index contributed by atoms with van der Waals surface area (Å²) in [6, 6.07) is 8.37. The molecule has 0 aliphatic carbocycles. The molecule has 0 bridgehead atoms. The predicted octanol–water partition coefficient (Wildman–Crippen LogP) is 3.05. The van der Waals surface area contributed by atoms with Crippen LogP contribution in [0.4, 0.5) is 14.5 Å². The van der Waals surface area contributed by atoms with E-state index in [4.69, 9.17) is 4.52 Å². The molecule has 2 aromatic rings. The second-order valence-corrected chi connectivity index (χ2v) is 7.50. The van der Waals surface area contributed by atoms with Gasteiger partial charge in [-0.3, -0.25) is 14.6 Å². The van der Waals surface area contributed by atoms with Crippen molar-refractivity contribution in [2.75, 3.05) is 38.0 Å². The standard InChI is InChI=1S/C18H22F2N4O2S/c1-13-10-15(22-26-13)11-23-6-8-24(9-7-23)12-17(25)21-14-2-4-16(5-3-14)27-18(19)20/h2-5,10,18H,6-9,11-12H2,1H3,(H,21,25). The van der Waals surface area contributed by atoms with Crippen molar-refractivity contribution in [1.82, 2.24) is 15.0 Å². The van der Waals surface area contributed by atoms with E-state index in [1.807, 2.05) is 13.0 Å². The fourth-order valence-electron chi connectivity index (χ4n) is 2.95. The Morgan fingerprint density at radius 3 is 2.48 bits per heavy atom. The average Bonchev–Trinajstić information content (AvgIpc) is 3.03. The van der Waals surface area contributed by atoms with E-state index < -0.39 is 5.76 Å². The molecule has 2 heterocycles. The van der Waals surface area contributed by atoms with Gasteiger partial charge < -0.3 is 9.84 Å². The van der Waals surface area contributed by atoms with E-state index in [1.165, 1.54) is 0 Å². The molecule has 3 rings (SSSR count). The maximum Gasteiger partial charge on any atom is 0.288 e. The molecule has 0 atom stereocenters. The summed E-state index contributed by atoms with van der Waals surface area (Å²) in [4.78, 5) is 17.1. The summed E-state index contributed by atoms with van der Waals surface area (Å²) in [5.74, 6) is -1.75. The summed E-state index contributed by atoms with van der Waals surface area (Å²) < 4.78 is 29.7. The Kier molecular flexibility index (Phi) is 6.81. The Hall–Kier alpha value is -1.97. The van der Waals surface area contributed by atoms with Gasteiger partial charge in [-0.2, -0.15) is 8.78 Å². The topological polar surface area (TPSA) is 61.6 Å². The Morgan fingerprint density at radius 2 is 1.89 bits per heavy atom. The van der Waals surface area contributed by atoms with Crippen molar-refractivity contribution in [3.05, 3.63) is 41.8 Å². The number of aryl methyl sites for hydroxylation is 1. The number of rotatable bonds is 7. The Balaban J connectivity index is 1.40. The van der Waals surface area contributed by atoms with Gasteiger partial charge >= 0.3 is 0 Å². The van der Waals surface area contributed by atoms with Gasteiger partial charge in [0.25, 0.3) is 5.76 Å². The first-order chi connectivity index (χ1) is 13.0. The van der Waals surface area contributed by atoms with E-state index in [2.05, 4.69) is 20.3 Å². The molecule has 9 heteroatoms. The van der Waals surface area contributed by atoms with Gasteiger partial charge in [0.15, 0.2) is 0 Å². The highest BCUT2D eigenvalue weighted by atomic mass is 32.2. The summed E-state index contributed by atoms with van der Waals surface area (Å²) >= 11 is 0.487. The third kappa shape index (κ3) is 6.30. The van der Waals surface area contributed by atoms with Crippen molar-refractivity contribution in [3.63, 3.8) is 0 Å². The van der Waals surface area contributed by atoms with Gasteiger partial charge in [0, 0.05) is 49.4 Å². The third-order valence-electron chi connectivity index (χ3n) is 4.26. The minimum Gasteiger partial charge on any atom is -0.361 e. The van der Waals surface area contributed by atoms with Crippen molar-refractivity contribution in [1.29, 1.82) is 0 Å². The first kappa shape index (κ1) is 19.8. The summed E-state index contributed by atoms with van der Waals surface area (Å²) in [5, 5.41) is 6.82. The number of aromatic nitrogens is 1. The van der Waals surface area contributed by atoms with E-state index in [1.54, 1.807) is 24.3 Å². The first-order valence-corrected chi connectivity index (χ1v) is 9.57. The van der Waals surface area contributed by atoms with Crippen molar-refractivity contribution in [3.8, 4) is 0 Å². The minimum atomic E-state index is -2.45. The number of hydrogen-bond donors (Lipinski definition) is 1. The SMILES string of the molecule is Cc1cc(CN2CCN(CC(=O)Nc3ccc(SC(F)F)cc3)CC2)no1. The second kappa shape index (κ2) is 9.29. The summed E-state index contributed by atoms with van der Waals surface area (Å²) in [7, 11) is 0. The molecule has 1 aromatic carbocycles. The molecular formula is C18H22F2N4O2S. The molecule has 1 fully saturated rings. The number of amides is 1. The van der Waals surface area contributed by atoms with Crippen LogP contribution in [0.25, 0.3) is 0 Å². The average molecular weight is 396 g/mol. The molecule has 27 heavy (non-hydrogen) atoms. The molecule has 1 amide bonds. The van der Waals surface area contributed by atoms with Gasteiger partial charge in [-0.15, -0.1) is 0 Å². The van der Waals surface area contributed by atoms with Crippen molar-refractivity contribution in [2.45, 2.75) is 24.1 Å². The number of nitrogens with zero attached hydrogens (tertiary/aromatic N) is 3. The second-order valence-electron chi connectivity index (χ2n) is 6.43. The van der Waals surface area contributed by atoms with Crippen LogP contribution < -0.4 is 5.32 Å². The normalized spacial score (nSPS) is 16.0. The number of nitrogens with one attached hydrogen (secondary N) is 1. The largest absolute Gasteiger partial charge is 0.361 e. The van der Waals surface area contributed by atoms with E-state index >= 15 is 0 Å². The molecule has 1 saturated heterocycles. The van der Waals surface area contributed by atoms with Crippen LogP contribution in [0.1, 0.15) is 11.5 Å². The van der Waals surface area contributed by atoms with Crippen LogP contribution in [0, 0.1) is 6.92 Å². The van der Waals surface area contributed by atoms with Crippen LogP contribution in [0.15, 0.2) is 39.8 Å². The van der Waals surface area contributed by atoms with Gasteiger partial charge in [0.2, 0.25) is 5.91 Å². The van der Waals surface area contributed by atoms with E-state index in [9.17, 15) is 13.6 Å². The molecule has 1 aliphatic rings. The Bertz CT molecular complexity index is 746. The number of piperazine rings is 1. The van der Waals surface area contributed by atoms with Crippen LogP contribution in [-0.2, 0) is 11.3 Å². The zero-order chi connectivity index (χ0) is 19.2. The Labute approximate surface area is 160 Å². The van der Waals surface area contributed by atoms with Crippen molar-refractivity contribution < 1.29 is 18.1 Å². The number of halogens is 2. The molecule has 146 valence electrons. The fraction of sp³-hybridized carbons (Fsp3) is 0.444. The van der Waals surface area contributed by atoms with Crippen molar-refractivity contribution >= 4 is 23.4 Å². The molecular weight excluding hydrogens is 374 g/mol. The first-order valence-electron chi connectivity index (χ1n) is 8.69. The van der Waals surface area contributed by atoms with Gasteiger partial charge in [-0.1, -0.05) is 16.9 Å².